The van der Waals surface area contributed by atoms with Gasteiger partial charge in [-0.05, 0) is 0 Å². The quantitative estimate of drug-likeness (QED) is 0.519. The van der Waals surface area contributed by atoms with Gasteiger partial charge in [0.05, 0.1) is 45.2 Å². The first kappa shape index (κ1) is 11.7. The third-order valence-electron chi connectivity index (χ3n) is 1.75. The number of ether oxygens (including phenoxy) is 2. The molecule has 1 N–H and O–H groups in total. The SMILES string of the molecule is COC(=O)c1cnn(CCOCCO)c1. The van der Waals surface area contributed by atoms with Crippen LogP contribution in [0.2, 0.25) is 0 Å². The molecule has 15 heavy (non-hydrogen) atoms. The zero-order valence-corrected chi connectivity index (χ0v) is 8.55. The van der Waals surface area contributed by atoms with Gasteiger partial charge in [-0.2, -0.15) is 5.10 Å². The first-order valence-corrected chi connectivity index (χ1v) is 4.57. The number of aliphatic hydroxyl groups excluding tert-OH is 1. The normalized spacial score (nSPS) is 10.3. The Morgan fingerprint density at radius 3 is 3.07 bits per heavy atom. The average molecular weight is 214 g/mol. The van der Waals surface area contributed by atoms with Gasteiger partial charge in [0.1, 0.15) is 0 Å². The van der Waals surface area contributed by atoms with E-state index in [1.807, 2.05) is 0 Å². The van der Waals surface area contributed by atoms with Gasteiger partial charge in [0, 0.05) is 6.20 Å². The van der Waals surface area contributed by atoms with Crippen molar-refractivity contribution < 1.29 is 19.4 Å². The Labute approximate surface area is 87.4 Å². The zero-order chi connectivity index (χ0) is 11.1. The number of aromatic nitrogens is 2. The molecule has 0 unspecified atom stereocenters. The third kappa shape index (κ3) is 3.69. The van der Waals surface area contributed by atoms with Crippen LogP contribution in [0.5, 0.6) is 0 Å². The van der Waals surface area contributed by atoms with E-state index in [4.69, 9.17) is 9.84 Å². The van der Waals surface area contributed by atoms with E-state index >= 15 is 0 Å². The summed E-state index contributed by atoms with van der Waals surface area (Å²) in [4.78, 5) is 11.1. The van der Waals surface area contributed by atoms with Gasteiger partial charge >= 0.3 is 5.97 Å². The van der Waals surface area contributed by atoms with Crippen molar-refractivity contribution in [2.75, 3.05) is 26.9 Å². The van der Waals surface area contributed by atoms with Crippen molar-refractivity contribution in [2.45, 2.75) is 6.54 Å². The fourth-order valence-corrected chi connectivity index (χ4v) is 1.03. The Bertz CT molecular complexity index is 311. The van der Waals surface area contributed by atoms with E-state index in [0.29, 0.717) is 25.3 Å². The highest BCUT2D eigenvalue weighted by molar-refractivity contribution is 5.88. The summed E-state index contributed by atoms with van der Waals surface area (Å²) in [6, 6.07) is 0. The number of hydrogen-bond donors (Lipinski definition) is 1. The van der Waals surface area contributed by atoms with E-state index in [-0.39, 0.29) is 6.61 Å². The maximum absolute atomic E-state index is 11.1. The summed E-state index contributed by atoms with van der Waals surface area (Å²) in [5.41, 5.74) is 0.416. The maximum Gasteiger partial charge on any atom is 0.341 e. The van der Waals surface area contributed by atoms with Crippen molar-refractivity contribution in [3.63, 3.8) is 0 Å². The molecule has 84 valence electrons. The van der Waals surface area contributed by atoms with Gasteiger partial charge in [-0.25, -0.2) is 4.79 Å². The lowest BCUT2D eigenvalue weighted by atomic mass is 10.4. The van der Waals surface area contributed by atoms with Gasteiger partial charge in [-0.3, -0.25) is 4.68 Å². The number of nitrogens with zero attached hydrogens (tertiary/aromatic N) is 2. The minimum absolute atomic E-state index is 0.00647. The molecule has 0 amide bonds. The van der Waals surface area contributed by atoms with Crippen LogP contribution < -0.4 is 0 Å². The van der Waals surface area contributed by atoms with Crippen LogP contribution in [-0.4, -0.2) is 47.8 Å². The second-order valence-electron chi connectivity index (χ2n) is 2.82. The number of rotatable bonds is 6. The maximum atomic E-state index is 11.1. The first-order chi connectivity index (χ1) is 7.27. The largest absolute Gasteiger partial charge is 0.465 e. The number of carbonyl (C=O) groups is 1. The van der Waals surface area contributed by atoms with Crippen molar-refractivity contribution in [3.8, 4) is 0 Å². The summed E-state index contributed by atoms with van der Waals surface area (Å²) in [6.07, 6.45) is 3.03. The van der Waals surface area contributed by atoms with E-state index in [2.05, 4.69) is 9.84 Å². The molecule has 0 saturated carbocycles. The smallest absolute Gasteiger partial charge is 0.341 e. The Morgan fingerprint density at radius 1 is 1.60 bits per heavy atom. The Hall–Kier alpha value is -1.40. The van der Waals surface area contributed by atoms with Crippen LogP contribution >= 0.6 is 0 Å². The first-order valence-electron chi connectivity index (χ1n) is 4.57. The topological polar surface area (TPSA) is 73.6 Å². The molecule has 0 atom stereocenters. The number of carbonyl (C=O) groups excluding carboxylic acids is 1. The van der Waals surface area contributed by atoms with Crippen LogP contribution in [0, 0.1) is 0 Å². The highest BCUT2D eigenvalue weighted by Gasteiger charge is 2.07. The number of methoxy groups -OCH3 is 1. The summed E-state index contributed by atoms with van der Waals surface area (Å²) in [7, 11) is 1.32. The monoisotopic (exact) mass is 214 g/mol. The summed E-state index contributed by atoms with van der Waals surface area (Å²) in [6.45, 7) is 1.30. The van der Waals surface area contributed by atoms with Gasteiger partial charge < -0.3 is 14.6 Å². The molecule has 0 aliphatic heterocycles. The van der Waals surface area contributed by atoms with Crippen molar-refractivity contribution in [1.82, 2.24) is 9.78 Å². The Kier molecular flexibility index (Phi) is 4.79. The molecule has 0 bridgehead atoms. The molecular formula is C9H14N2O4. The fourth-order valence-electron chi connectivity index (χ4n) is 1.03. The Morgan fingerprint density at radius 2 is 2.40 bits per heavy atom. The lowest BCUT2D eigenvalue weighted by Gasteiger charge is -2.01. The molecule has 6 nitrogen and oxygen atoms in total. The van der Waals surface area contributed by atoms with Crippen LogP contribution in [0.1, 0.15) is 10.4 Å². The highest BCUT2D eigenvalue weighted by atomic mass is 16.5. The van der Waals surface area contributed by atoms with Crippen LogP contribution in [0.15, 0.2) is 12.4 Å². The van der Waals surface area contributed by atoms with Crippen molar-refractivity contribution >= 4 is 5.97 Å². The summed E-state index contributed by atoms with van der Waals surface area (Å²) >= 11 is 0. The second-order valence-corrected chi connectivity index (χ2v) is 2.82. The molecule has 1 rings (SSSR count). The summed E-state index contributed by atoms with van der Waals surface area (Å²) in [5, 5.41) is 12.4. The molecule has 0 fully saturated rings. The molecular weight excluding hydrogens is 200 g/mol. The van der Waals surface area contributed by atoms with Gasteiger partial charge in [0.2, 0.25) is 0 Å². The van der Waals surface area contributed by atoms with Gasteiger partial charge in [-0.15, -0.1) is 0 Å². The van der Waals surface area contributed by atoms with Gasteiger partial charge in [0.25, 0.3) is 0 Å². The molecule has 0 aliphatic rings. The van der Waals surface area contributed by atoms with Crippen molar-refractivity contribution in [3.05, 3.63) is 18.0 Å². The summed E-state index contributed by atoms with van der Waals surface area (Å²) in [5.74, 6) is -0.405. The molecule has 1 aromatic rings. The lowest BCUT2D eigenvalue weighted by molar-refractivity contribution is 0.0600. The number of aliphatic hydroxyl groups is 1. The zero-order valence-electron chi connectivity index (χ0n) is 8.55. The fraction of sp³-hybridized carbons (Fsp3) is 0.556. The Balaban J connectivity index is 2.36. The van der Waals surface area contributed by atoms with Crippen LogP contribution in [0.3, 0.4) is 0 Å². The van der Waals surface area contributed by atoms with E-state index in [9.17, 15) is 4.79 Å². The lowest BCUT2D eigenvalue weighted by Crippen LogP contribution is -2.08. The van der Waals surface area contributed by atoms with Gasteiger partial charge in [-0.1, -0.05) is 0 Å². The molecule has 1 aromatic heterocycles. The number of esters is 1. The van der Waals surface area contributed by atoms with E-state index in [0.717, 1.165) is 0 Å². The van der Waals surface area contributed by atoms with Crippen molar-refractivity contribution in [1.29, 1.82) is 0 Å². The molecule has 0 saturated heterocycles. The standard InChI is InChI=1S/C9H14N2O4/c1-14-9(13)8-6-10-11(7-8)2-4-15-5-3-12/h6-7,12H,2-5H2,1H3. The van der Waals surface area contributed by atoms with E-state index in [1.54, 1.807) is 10.9 Å². The molecule has 6 heteroatoms. The minimum Gasteiger partial charge on any atom is -0.465 e. The van der Waals surface area contributed by atoms with Crippen LogP contribution in [-0.2, 0) is 16.0 Å². The van der Waals surface area contributed by atoms with Crippen molar-refractivity contribution in [2.24, 2.45) is 0 Å². The molecule has 0 radical (unpaired) electrons. The van der Waals surface area contributed by atoms with Crippen LogP contribution in [0.25, 0.3) is 0 Å². The molecule has 1 heterocycles. The second kappa shape index (κ2) is 6.15. The molecule has 0 aliphatic carbocycles. The predicted molar refractivity (Wildman–Crippen MR) is 51.5 cm³/mol. The molecule has 0 spiro atoms. The molecule has 0 aromatic carbocycles. The predicted octanol–water partition coefficient (Wildman–Crippen LogP) is -0.321. The summed E-state index contributed by atoms with van der Waals surface area (Å²) < 4.78 is 11.2. The minimum atomic E-state index is -0.405. The van der Waals surface area contributed by atoms with Crippen LogP contribution in [0.4, 0.5) is 0 Å². The highest BCUT2D eigenvalue weighted by Crippen LogP contribution is 1.99. The van der Waals surface area contributed by atoms with E-state index < -0.39 is 5.97 Å². The third-order valence-corrected chi connectivity index (χ3v) is 1.75. The van der Waals surface area contributed by atoms with Gasteiger partial charge in [0.15, 0.2) is 0 Å². The van der Waals surface area contributed by atoms with E-state index in [1.165, 1.54) is 13.3 Å². The average Bonchev–Trinajstić information content (AvgIpc) is 2.72. The number of hydrogen-bond acceptors (Lipinski definition) is 5.